The minimum atomic E-state index is -0.267. The van der Waals surface area contributed by atoms with Gasteiger partial charge in [-0.25, -0.2) is 4.39 Å². The van der Waals surface area contributed by atoms with Gasteiger partial charge in [-0.15, -0.1) is 12.4 Å². The van der Waals surface area contributed by atoms with Gasteiger partial charge in [0.25, 0.3) is 0 Å². The van der Waals surface area contributed by atoms with E-state index in [0.29, 0.717) is 12.1 Å². The fourth-order valence-electron chi connectivity index (χ4n) is 1.71. The van der Waals surface area contributed by atoms with Gasteiger partial charge >= 0.3 is 0 Å². The van der Waals surface area contributed by atoms with Gasteiger partial charge in [0.15, 0.2) is 0 Å². The zero-order chi connectivity index (χ0) is 12.3. The minimum Gasteiger partial charge on any atom is -0.324 e. The summed E-state index contributed by atoms with van der Waals surface area (Å²) in [5.41, 5.74) is 6.33. The number of halogens is 3. The lowest BCUT2D eigenvalue weighted by molar-refractivity contribution is 0.260. The summed E-state index contributed by atoms with van der Waals surface area (Å²) >= 11 is 3.34. The van der Waals surface area contributed by atoms with Gasteiger partial charge in [0.1, 0.15) is 5.82 Å². The molecule has 0 saturated carbocycles. The molecular weight excluding hydrogens is 307 g/mol. The molecule has 0 atom stereocenters. The van der Waals surface area contributed by atoms with E-state index in [0.717, 1.165) is 11.0 Å². The second-order valence-electron chi connectivity index (χ2n) is 4.90. The van der Waals surface area contributed by atoms with Crippen molar-refractivity contribution >= 4 is 28.3 Å². The summed E-state index contributed by atoms with van der Waals surface area (Å²) in [7, 11) is 1.94. The Morgan fingerprint density at radius 3 is 2.53 bits per heavy atom. The van der Waals surface area contributed by atoms with Crippen LogP contribution in [0.2, 0.25) is 0 Å². The number of nitrogens with zero attached hydrogens (tertiary/aromatic N) is 1. The first kappa shape index (κ1) is 16.8. The standard InChI is InChI=1S/C12H18BrFN2.ClH/c1-12(2,15)8-16(3)7-9-6-10(13)4-5-11(9)14;/h4-6H,7-8,15H2,1-3H3;1H. The van der Waals surface area contributed by atoms with E-state index in [4.69, 9.17) is 5.73 Å². The highest BCUT2D eigenvalue weighted by atomic mass is 79.9. The normalized spacial score (nSPS) is 11.5. The maximum atomic E-state index is 13.5. The Morgan fingerprint density at radius 1 is 1.41 bits per heavy atom. The quantitative estimate of drug-likeness (QED) is 0.921. The van der Waals surface area contributed by atoms with Gasteiger partial charge in [-0.2, -0.15) is 0 Å². The van der Waals surface area contributed by atoms with Gasteiger partial charge in [-0.1, -0.05) is 15.9 Å². The highest BCUT2D eigenvalue weighted by molar-refractivity contribution is 9.10. The van der Waals surface area contributed by atoms with E-state index in [1.165, 1.54) is 6.07 Å². The smallest absolute Gasteiger partial charge is 0.127 e. The van der Waals surface area contributed by atoms with E-state index >= 15 is 0 Å². The Bertz CT molecular complexity index is 366. The number of hydrogen-bond acceptors (Lipinski definition) is 2. The lowest BCUT2D eigenvalue weighted by Gasteiger charge is -2.26. The van der Waals surface area contributed by atoms with Gasteiger partial charge in [0.05, 0.1) is 0 Å². The molecule has 2 N–H and O–H groups in total. The number of hydrogen-bond donors (Lipinski definition) is 1. The minimum absolute atomic E-state index is 0. The summed E-state index contributed by atoms with van der Waals surface area (Å²) in [6.45, 7) is 5.20. The summed E-state index contributed by atoms with van der Waals surface area (Å²) in [5, 5.41) is 0. The maximum Gasteiger partial charge on any atom is 0.127 e. The molecule has 0 unspecified atom stereocenters. The van der Waals surface area contributed by atoms with Crippen LogP contribution in [0.5, 0.6) is 0 Å². The Morgan fingerprint density at radius 2 is 2.00 bits per heavy atom. The summed E-state index contributed by atoms with van der Waals surface area (Å²) in [4.78, 5) is 2.02. The fourth-order valence-corrected chi connectivity index (χ4v) is 2.12. The summed E-state index contributed by atoms with van der Waals surface area (Å²) in [6.07, 6.45) is 0. The molecule has 0 amide bonds. The number of nitrogens with two attached hydrogens (primary N) is 1. The largest absolute Gasteiger partial charge is 0.324 e. The van der Waals surface area contributed by atoms with Gasteiger partial charge in [-0.05, 0) is 39.1 Å². The molecule has 98 valence electrons. The van der Waals surface area contributed by atoms with Crippen molar-refractivity contribution in [1.82, 2.24) is 4.90 Å². The van der Waals surface area contributed by atoms with E-state index in [1.807, 2.05) is 25.8 Å². The molecule has 0 aliphatic heterocycles. The van der Waals surface area contributed by atoms with Crippen LogP contribution in [0.25, 0.3) is 0 Å². The Labute approximate surface area is 117 Å². The molecule has 0 heterocycles. The second kappa shape index (κ2) is 6.69. The molecule has 0 bridgehead atoms. The number of likely N-dealkylation sites (N-methyl/N-ethyl adjacent to an activating group) is 1. The third kappa shape index (κ3) is 6.36. The molecule has 0 radical (unpaired) electrons. The molecule has 2 nitrogen and oxygen atoms in total. The van der Waals surface area contributed by atoms with Crippen molar-refractivity contribution in [2.75, 3.05) is 13.6 Å². The van der Waals surface area contributed by atoms with Crippen LogP contribution in [0.3, 0.4) is 0 Å². The third-order valence-corrected chi connectivity index (χ3v) is 2.62. The van der Waals surface area contributed by atoms with Crippen molar-refractivity contribution in [2.24, 2.45) is 5.73 Å². The number of benzene rings is 1. The van der Waals surface area contributed by atoms with Crippen molar-refractivity contribution in [2.45, 2.75) is 25.9 Å². The average Bonchev–Trinajstić information content (AvgIpc) is 2.08. The van der Waals surface area contributed by atoms with Crippen molar-refractivity contribution in [1.29, 1.82) is 0 Å². The zero-order valence-corrected chi connectivity index (χ0v) is 12.7. The van der Waals surface area contributed by atoms with Crippen molar-refractivity contribution in [3.8, 4) is 0 Å². The van der Waals surface area contributed by atoms with E-state index in [1.54, 1.807) is 12.1 Å². The molecule has 0 saturated heterocycles. The Hall–Kier alpha value is -0.160. The lowest BCUT2D eigenvalue weighted by Crippen LogP contribution is -2.43. The van der Waals surface area contributed by atoms with Crippen molar-refractivity contribution in [3.63, 3.8) is 0 Å². The van der Waals surface area contributed by atoms with Crippen LogP contribution in [0.1, 0.15) is 19.4 Å². The monoisotopic (exact) mass is 324 g/mol. The maximum absolute atomic E-state index is 13.5. The summed E-state index contributed by atoms with van der Waals surface area (Å²) < 4.78 is 14.4. The summed E-state index contributed by atoms with van der Waals surface area (Å²) in [5.74, 6) is -0.176. The van der Waals surface area contributed by atoms with Crippen molar-refractivity contribution in [3.05, 3.63) is 34.1 Å². The van der Waals surface area contributed by atoms with E-state index in [-0.39, 0.29) is 23.8 Å². The third-order valence-electron chi connectivity index (χ3n) is 2.13. The van der Waals surface area contributed by atoms with Crippen LogP contribution in [0.15, 0.2) is 22.7 Å². The highest BCUT2D eigenvalue weighted by Gasteiger charge is 2.15. The molecule has 0 aliphatic rings. The van der Waals surface area contributed by atoms with Gasteiger partial charge in [0, 0.05) is 28.7 Å². The van der Waals surface area contributed by atoms with Crippen LogP contribution in [0, 0.1) is 5.82 Å². The molecule has 1 aromatic rings. The predicted molar refractivity (Wildman–Crippen MR) is 75.9 cm³/mol. The number of rotatable bonds is 4. The van der Waals surface area contributed by atoms with Crippen LogP contribution in [0.4, 0.5) is 4.39 Å². The highest BCUT2D eigenvalue weighted by Crippen LogP contribution is 2.17. The molecule has 1 rings (SSSR count). The molecule has 0 fully saturated rings. The van der Waals surface area contributed by atoms with Crippen LogP contribution in [-0.4, -0.2) is 24.0 Å². The van der Waals surface area contributed by atoms with Crippen LogP contribution in [-0.2, 0) is 6.54 Å². The van der Waals surface area contributed by atoms with Crippen LogP contribution >= 0.6 is 28.3 Å². The molecule has 5 heteroatoms. The predicted octanol–water partition coefficient (Wildman–Crippen LogP) is 3.18. The molecule has 1 aromatic carbocycles. The lowest BCUT2D eigenvalue weighted by atomic mass is 10.1. The van der Waals surface area contributed by atoms with Gasteiger partial charge < -0.3 is 10.6 Å². The zero-order valence-electron chi connectivity index (χ0n) is 10.3. The SMILES string of the molecule is CN(Cc1cc(Br)ccc1F)CC(C)(C)N.Cl. The van der Waals surface area contributed by atoms with Crippen LogP contribution < -0.4 is 5.73 Å². The Kier molecular flexibility index (Phi) is 6.62. The molecule has 0 aliphatic carbocycles. The molecular formula is C12H19BrClFN2. The fraction of sp³-hybridized carbons (Fsp3) is 0.500. The topological polar surface area (TPSA) is 29.3 Å². The molecule has 0 aromatic heterocycles. The second-order valence-corrected chi connectivity index (χ2v) is 5.81. The van der Waals surface area contributed by atoms with E-state index in [9.17, 15) is 4.39 Å². The summed E-state index contributed by atoms with van der Waals surface area (Å²) in [6, 6.07) is 4.97. The van der Waals surface area contributed by atoms with Gasteiger partial charge in [0.2, 0.25) is 0 Å². The van der Waals surface area contributed by atoms with E-state index in [2.05, 4.69) is 15.9 Å². The first-order valence-electron chi connectivity index (χ1n) is 5.19. The molecule has 0 spiro atoms. The van der Waals surface area contributed by atoms with Gasteiger partial charge in [-0.3, -0.25) is 0 Å². The molecule has 17 heavy (non-hydrogen) atoms. The Balaban J connectivity index is 0.00000256. The van der Waals surface area contributed by atoms with E-state index < -0.39 is 0 Å². The average molecular weight is 326 g/mol. The first-order chi connectivity index (χ1) is 7.28. The van der Waals surface area contributed by atoms with Crippen molar-refractivity contribution < 1.29 is 4.39 Å². The first-order valence-corrected chi connectivity index (χ1v) is 5.98.